The molecule has 4 rings (SSSR count). The van der Waals surface area contributed by atoms with Gasteiger partial charge in [-0.2, -0.15) is 5.10 Å². The number of aromatic nitrogens is 2. The Bertz CT molecular complexity index is 929. The van der Waals surface area contributed by atoms with E-state index < -0.39 is 0 Å². The summed E-state index contributed by atoms with van der Waals surface area (Å²) in [5.74, 6) is 0. The van der Waals surface area contributed by atoms with E-state index in [1.165, 1.54) is 10.4 Å². The fourth-order valence-electron chi connectivity index (χ4n) is 3.45. The molecular weight excluding hydrogens is 344 g/mol. The van der Waals surface area contributed by atoms with Crippen LogP contribution in [0.15, 0.2) is 41.8 Å². The normalized spacial score (nSPS) is 13.5. The summed E-state index contributed by atoms with van der Waals surface area (Å²) in [4.78, 5) is 15.9. The Kier molecular flexibility index (Phi) is 4.51. The Hall–Kier alpha value is -2.60. The zero-order valence-electron chi connectivity index (χ0n) is 15.0. The molecule has 2 aromatic heterocycles. The lowest BCUT2D eigenvalue weighted by Gasteiger charge is -2.27. The van der Waals surface area contributed by atoms with Crippen LogP contribution in [0.5, 0.6) is 0 Å². The maximum Gasteiger partial charge on any atom is 0.317 e. The number of nitrogens with zero attached hydrogens (tertiary/aromatic N) is 3. The molecule has 3 heterocycles. The molecule has 0 radical (unpaired) electrons. The number of para-hydroxylation sites is 1. The molecule has 0 atom stereocenters. The van der Waals surface area contributed by atoms with Crippen molar-refractivity contribution in [3.63, 3.8) is 0 Å². The first-order valence-electron chi connectivity index (χ1n) is 8.82. The summed E-state index contributed by atoms with van der Waals surface area (Å²) in [6.07, 6.45) is 0.949. The largest absolute Gasteiger partial charge is 0.334 e. The SMILES string of the molecule is Cc1nn(-c2ccccc2)c(C)c1CNC(=O)N1CCc2sccc2C1. The summed E-state index contributed by atoms with van der Waals surface area (Å²) in [5, 5.41) is 9.83. The maximum atomic E-state index is 12.6. The Morgan fingerprint density at radius 3 is 2.85 bits per heavy atom. The molecule has 3 aromatic rings. The van der Waals surface area contributed by atoms with E-state index in [2.05, 4.69) is 21.9 Å². The van der Waals surface area contributed by atoms with Gasteiger partial charge in [-0.1, -0.05) is 18.2 Å². The van der Waals surface area contributed by atoms with E-state index in [0.717, 1.165) is 35.6 Å². The maximum absolute atomic E-state index is 12.6. The van der Waals surface area contributed by atoms with Crippen LogP contribution in [0.3, 0.4) is 0 Å². The lowest BCUT2D eigenvalue weighted by molar-refractivity contribution is 0.192. The van der Waals surface area contributed by atoms with Gasteiger partial charge in [0, 0.05) is 35.8 Å². The van der Waals surface area contributed by atoms with Gasteiger partial charge in [0.1, 0.15) is 0 Å². The molecule has 26 heavy (non-hydrogen) atoms. The van der Waals surface area contributed by atoms with Gasteiger partial charge in [0.05, 0.1) is 11.4 Å². The van der Waals surface area contributed by atoms with Crippen LogP contribution in [0.25, 0.3) is 5.69 Å². The number of hydrogen-bond donors (Lipinski definition) is 1. The van der Waals surface area contributed by atoms with Crippen LogP contribution < -0.4 is 5.32 Å². The summed E-state index contributed by atoms with van der Waals surface area (Å²) < 4.78 is 1.94. The van der Waals surface area contributed by atoms with E-state index in [9.17, 15) is 4.79 Å². The molecule has 1 aliphatic heterocycles. The topological polar surface area (TPSA) is 50.2 Å². The summed E-state index contributed by atoms with van der Waals surface area (Å²) in [5.41, 5.74) is 5.40. The number of hydrogen-bond acceptors (Lipinski definition) is 3. The van der Waals surface area contributed by atoms with Crippen LogP contribution in [-0.4, -0.2) is 27.3 Å². The predicted molar refractivity (Wildman–Crippen MR) is 104 cm³/mol. The smallest absolute Gasteiger partial charge is 0.317 e. The van der Waals surface area contributed by atoms with Crippen molar-refractivity contribution in [2.75, 3.05) is 6.54 Å². The second-order valence-electron chi connectivity index (χ2n) is 6.60. The predicted octanol–water partition coefficient (Wildman–Crippen LogP) is 3.82. The number of nitrogens with one attached hydrogen (secondary N) is 1. The molecule has 0 unspecified atom stereocenters. The molecular formula is C20H22N4OS. The second kappa shape index (κ2) is 6.96. The summed E-state index contributed by atoms with van der Waals surface area (Å²) in [7, 11) is 0. The lowest BCUT2D eigenvalue weighted by Crippen LogP contribution is -2.42. The highest BCUT2D eigenvalue weighted by molar-refractivity contribution is 7.10. The zero-order valence-corrected chi connectivity index (χ0v) is 15.8. The molecule has 6 heteroatoms. The molecule has 5 nitrogen and oxygen atoms in total. The second-order valence-corrected chi connectivity index (χ2v) is 7.60. The van der Waals surface area contributed by atoms with Gasteiger partial charge in [-0.25, -0.2) is 9.48 Å². The first-order chi connectivity index (χ1) is 12.6. The van der Waals surface area contributed by atoms with Crippen LogP contribution in [0.1, 0.15) is 27.4 Å². The van der Waals surface area contributed by atoms with Crippen molar-refractivity contribution in [1.29, 1.82) is 0 Å². The van der Waals surface area contributed by atoms with Crippen LogP contribution in [0.2, 0.25) is 0 Å². The van der Waals surface area contributed by atoms with Crippen molar-refractivity contribution < 1.29 is 4.79 Å². The van der Waals surface area contributed by atoms with Gasteiger partial charge < -0.3 is 10.2 Å². The van der Waals surface area contributed by atoms with E-state index in [1.54, 1.807) is 11.3 Å². The third kappa shape index (κ3) is 3.12. The fourth-order valence-corrected chi connectivity index (χ4v) is 4.34. The Morgan fingerprint density at radius 1 is 1.23 bits per heavy atom. The minimum absolute atomic E-state index is 0.00638. The van der Waals surface area contributed by atoms with Gasteiger partial charge in [-0.3, -0.25) is 0 Å². The fraction of sp³-hybridized carbons (Fsp3) is 0.300. The molecule has 1 aliphatic rings. The first kappa shape index (κ1) is 16.8. The van der Waals surface area contributed by atoms with Crippen LogP contribution >= 0.6 is 11.3 Å². The molecule has 1 N–H and O–H groups in total. The van der Waals surface area contributed by atoms with Crippen LogP contribution in [0, 0.1) is 13.8 Å². The minimum Gasteiger partial charge on any atom is -0.334 e. The molecule has 2 amide bonds. The standard InChI is InChI=1S/C20H22N4OS/c1-14-18(15(2)24(22-14)17-6-4-3-5-7-17)12-21-20(25)23-10-8-19-16(13-23)9-11-26-19/h3-7,9,11H,8,10,12-13H2,1-2H3,(H,21,25). The van der Waals surface area contributed by atoms with Gasteiger partial charge in [-0.05, 0) is 49.4 Å². The number of carbonyl (C=O) groups excluding carboxylic acids is 1. The van der Waals surface area contributed by atoms with Crippen molar-refractivity contribution in [2.45, 2.75) is 33.4 Å². The molecule has 134 valence electrons. The van der Waals surface area contributed by atoms with E-state index in [4.69, 9.17) is 0 Å². The minimum atomic E-state index is -0.00638. The number of fused-ring (bicyclic) bond motifs is 1. The van der Waals surface area contributed by atoms with E-state index in [-0.39, 0.29) is 6.03 Å². The highest BCUT2D eigenvalue weighted by atomic mass is 32.1. The number of urea groups is 1. The average molecular weight is 366 g/mol. The number of aryl methyl sites for hydroxylation is 1. The number of rotatable bonds is 3. The van der Waals surface area contributed by atoms with Crippen molar-refractivity contribution in [3.05, 3.63) is 69.2 Å². The molecule has 0 saturated carbocycles. The zero-order chi connectivity index (χ0) is 18.1. The van der Waals surface area contributed by atoms with E-state index in [0.29, 0.717) is 13.1 Å². The lowest BCUT2D eigenvalue weighted by atomic mass is 10.1. The van der Waals surface area contributed by atoms with Crippen molar-refractivity contribution >= 4 is 17.4 Å². The quantitative estimate of drug-likeness (QED) is 0.766. The van der Waals surface area contributed by atoms with E-state index >= 15 is 0 Å². The highest BCUT2D eigenvalue weighted by Gasteiger charge is 2.22. The molecule has 0 bridgehead atoms. The monoisotopic (exact) mass is 366 g/mol. The third-order valence-electron chi connectivity index (χ3n) is 4.95. The molecule has 0 saturated heterocycles. The third-order valence-corrected chi connectivity index (χ3v) is 5.98. The number of benzene rings is 1. The van der Waals surface area contributed by atoms with Crippen molar-refractivity contribution in [2.24, 2.45) is 0 Å². The van der Waals surface area contributed by atoms with Crippen LogP contribution in [0.4, 0.5) is 4.79 Å². The van der Waals surface area contributed by atoms with Crippen LogP contribution in [-0.2, 0) is 19.5 Å². The van der Waals surface area contributed by atoms with Gasteiger partial charge >= 0.3 is 6.03 Å². The highest BCUT2D eigenvalue weighted by Crippen LogP contribution is 2.24. The average Bonchev–Trinajstić information content (AvgIpc) is 3.24. The molecule has 0 aliphatic carbocycles. The molecule has 1 aromatic carbocycles. The van der Waals surface area contributed by atoms with Gasteiger partial charge in [0.2, 0.25) is 0 Å². The summed E-state index contributed by atoms with van der Waals surface area (Å²) in [6.45, 7) is 6.02. The Labute approximate surface area is 157 Å². The Balaban J connectivity index is 1.45. The number of thiophene rings is 1. The number of carbonyl (C=O) groups is 1. The van der Waals surface area contributed by atoms with Crippen molar-refractivity contribution in [3.8, 4) is 5.69 Å². The summed E-state index contributed by atoms with van der Waals surface area (Å²) >= 11 is 1.78. The number of amides is 2. The molecule has 0 fully saturated rings. The van der Waals surface area contributed by atoms with Gasteiger partial charge in [0.25, 0.3) is 0 Å². The molecule has 0 spiro atoms. The Morgan fingerprint density at radius 2 is 2.04 bits per heavy atom. The van der Waals surface area contributed by atoms with Crippen molar-refractivity contribution in [1.82, 2.24) is 20.0 Å². The van der Waals surface area contributed by atoms with Gasteiger partial charge in [0.15, 0.2) is 0 Å². The van der Waals surface area contributed by atoms with E-state index in [1.807, 2.05) is 53.8 Å². The van der Waals surface area contributed by atoms with Gasteiger partial charge in [-0.15, -0.1) is 11.3 Å². The first-order valence-corrected chi connectivity index (χ1v) is 9.70. The summed E-state index contributed by atoms with van der Waals surface area (Å²) in [6, 6.07) is 12.2.